The van der Waals surface area contributed by atoms with Gasteiger partial charge in [0, 0.05) is 4.21 Å². The van der Waals surface area contributed by atoms with Crippen LogP contribution in [0.4, 0.5) is 0 Å². The molecule has 2 rings (SSSR count). The Hall–Kier alpha value is -2.07. The molecule has 3 nitrogen and oxygen atoms in total. The van der Waals surface area contributed by atoms with Crippen molar-refractivity contribution in [2.75, 3.05) is 0 Å². The lowest BCUT2D eigenvalue weighted by molar-refractivity contribution is -0.117. The molecule has 0 saturated carbocycles. The van der Waals surface area contributed by atoms with E-state index in [-0.39, 0.29) is 17.6 Å². The molecule has 0 radical (unpaired) electrons. The maximum atomic E-state index is 11.5. The van der Waals surface area contributed by atoms with Gasteiger partial charge in [-0.2, -0.15) is 0 Å². The van der Waals surface area contributed by atoms with Crippen LogP contribution in [0.5, 0.6) is 0 Å². The summed E-state index contributed by atoms with van der Waals surface area (Å²) >= 11 is 0.251. The van der Waals surface area contributed by atoms with E-state index in [0.29, 0.717) is 0 Å². The Kier molecular flexibility index (Phi) is 4.36. The van der Waals surface area contributed by atoms with Crippen molar-refractivity contribution in [1.29, 1.82) is 0 Å². The lowest BCUT2D eigenvalue weighted by Gasteiger charge is -2.15. The molecule has 0 aromatic heterocycles. The first-order chi connectivity index (χ1) is 9.24. The number of hydrogen-bond donors (Lipinski definition) is 1. The molecule has 2 aromatic carbocycles. The molecule has 0 heterocycles. The highest BCUT2D eigenvalue weighted by molar-refractivity contribution is 7.67. The SMILES string of the molecule is NC(=O)C([S+]=O)C(c1ccccc1)c1ccccc1. The monoisotopic (exact) mass is 272 g/mol. The Morgan fingerprint density at radius 1 is 0.895 bits per heavy atom. The van der Waals surface area contributed by atoms with Gasteiger partial charge >= 0.3 is 16.9 Å². The maximum Gasteiger partial charge on any atom is 0.473 e. The average Bonchev–Trinajstić information content (AvgIpc) is 2.46. The van der Waals surface area contributed by atoms with E-state index in [1.165, 1.54) is 0 Å². The summed E-state index contributed by atoms with van der Waals surface area (Å²) in [6, 6.07) is 19.0. The lowest BCUT2D eigenvalue weighted by Crippen LogP contribution is -2.34. The number of carbonyl (C=O) groups is 1. The van der Waals surface area contributed by atoms with E-state index in [1.54, 1.807) is 0 Å². The topological polar surface area (TPSA) is 60.2 Å². The summed E-state index contributed by atoms with van der Waals surface area (Å²) in [5.41, 5.74) is 7.20. The van der Waals surface area contributed by atoms with Crippen LogP contribution < -0.4 is 5.73 Å². The summed E-state index contributed by atoms with van der Waals surface area (Å²) in [5.74, 6) is -0.903. The predicted octanol–water partition coefficient (Wildman–Crippen LogP) is 2.10. The zero-order chi connectivity index (χ0) is 13.7. The Morgan fingerprint density at radius 2 is 1.32 bits per heavy atom. The van der Waals surface area contributed by atoms with Gasteiger partial charge in [0.25, 0.3) is 5.91 Å². The largest absolute Gasteiger partial charge is 0.473 e. The van der Waals surface area contributed by atoms with Gasteiger partial charge in [-0.25, -0.2) is 0 Å². The summed E-state index contributed by atoms with van der Waals surface area (Å²) in [6.07, 6.45) is 0. The number of hydrogen-bond acceptors (Lipinski definition) is 2. The van der Waals surface area contributed by atoms with Crippen molar-refractivity contribution < 1.29 is 9.00 Å². The number of primary amides is 1. The maximum absolute atomic E-state index is 11.5. The van der Waals surface area contributed by atoms with E-state index < -0.39 is 11.2 Å². The van der Waals surface area contributed by atoms with Gasteiger partial charge in [0.05, 0.1) is 5.92 Å². The van der Waals surface area contributed by atoms with Crippen LogP contribution in [0.15, 0.2) is 60.7 Å². The van der Waals surface area contributed by atoms with Gasteiger partial charge < -0.3 is 5.73 Å². The van der Waals surface area contributed by atoms with Crippen LogP contribution in [-0.4, -0.2) is 11.2 Å². The highest BCUT2D eigenvalue weighted by Crippen LogP contribution is 2.28. The van der Waals surface area contributed by atoms with Crippen molar-refractivity contribution in [3.05, 3.63) is 71.8 Å². The Balaban J connectivity index is 2.51. The molecule has 0 fully saturated rings. The highest BCUT2D eigenvalue weighted by atomic mass is 32.1. The Bertz CT molecular complexity index is 517. The third kappa shape index (κ3) is 3.03. The Morgan fingerprint density at radius 3 is 1.63 bits per heavy atom. The second-order valence-corrected chi connectivity index (χ2v) is 4.92. The second-order valence-electron chi connectivity index (χ2n) is 4.22. The molecule has 0 saturated heterocycles. The van der Waals surface area contributed by atoms with Gasteiger partial charge in [0.2, 0.25) is 0 Å². The molecule has 4 heteroatoms. The summed E-state index contributed by atoms with van der Waals surface area (Å²) in [7, 11) is 0. The van der Waals surface area contributed by atoms with Crippen molar-refractivity contribution in [1.82, 2.24) is 0 Å². The minimum Gasteiger partial charge on any atom is -0.365 e. The second kappa shape index (κ2) is 6.20. The first-order valence-corrected chi connectivity index (χ1v) is 6.72. The fourth-order valence-corrected chi connectivity index (χ4v) is 2.65. The standard InChI is InChI=1S/C15H13NO2S/c16-15(17)14(19-18)13(11-7-3-1-4-8-11)12-9-5-2-6-10-12/h1-10,13-14H,(H-,16,17)/p+1. The van der Waals surface area contributed by atoms with E-state index >= 15 is 0 Å². The van der Waals surface area contributed by atoms with Crippen LogP contribution >= 0.6 is 0 Å². The molecule has 2 aromatic rings. The molecule has 96 valence electrons. The fraction of sp³-hybridized carbons (Fsp3) is 0.133. The number of benzene rings is 2. The smallest absolute Gasteiger partial charge is 0.365 e. The normalized spacial score (nSPS) is 12.1. The van der Waals surface area contributed by atoms with E-state index in [1.807, 2.05) is 60.7 Å². The minimum absolute atomic E-state index is 0.251. The van der Waals surface area contributed by atoms with Gasteiger partial charge in [0.1, 0.15) is 0 Å². The van der Waals surface area contributed by atoms with Crippen molar-refractivity contribution in [2.24, 2.45) is 5.73 Å². The van der Waals surface area contributed by atoms with Crippen molar-refractivity contribution in [3.8, 4) is 0 Å². The first-order valence-electron chi connectivity index (χ1n) is 5.92. The molecule has 0 aliphatic heterocycles. The van der Waals surface area contributed by atoms with E-state index in [4.69, 9.17) is 5.73 Å². The number of rotatable bonds is 5. The predicted molar refractivity (Wildman–Crippen MR) is 75.8 cm³/mol. The molecule has 0 aliphatic rings. The summed E-state index contributed by atoms with van der Waals surface area (Å²) in [6.45, 7) is 0. The molecule has 0 spiro atoms. The van der Waals surface area contributed by atoms with Crippen molar-refractivity contribution >= 4 is 17.6 Å². The van der Waals surface area contributed by atoms with Crippen molar-refractivity contribution in [2.45, 2.75) is 11.2 Å². The van der Waals surface area contributed by atoms with Gasteiger partial charge in [-0.05, 0) is 11.1 Å². The number of carbonyl (C=O) groups excluding carboxylic acids is 1. The van der Waals surface area contributed by atoms with Crippen LogP contribution in [0.2, 0.25) is 0 Å². The van der Waals surface area contributed by atoms with E-state index in [9.17, 15) is 9.00 Å². The average molecular weight is 272 g/mol. The van der Waals surface area contributed by atoms with Gasteiger partial charge in [-0.15, -0.1) is 0 Å². The molecular weight excluding hydrogens is 258 g/mol. The van der Waals surface area contributed by atoms with E-state index in [0.717, 1.165) is 11.1 Å². The first kappa shape index (κ1) is 13.4. The molecule has 19 heavy (non-hydrogen) atoms. The van der Waals surface area contributed by atoms with Crippen LogP contribution in [0.3, 0.4) is 0 Å². The van der Waals surface area contributed by atoms with E-state index in [2.05, 4.69) is 0 Å². The molecule has 2 N–H and O–H groups in total. The van der Waals surface area contributed by atoms with Crippen molar-refractivity contribution in [3.63, 3.8) is 0 Å². The summed E-state index contributed by atoms with van der Waals surface area (Å²) in [4.78, 5) is 11.5. The van der Waals surface area contributed by atoms with Crippen LogP contribution in [-0.2, 0) is 20.7 Å². The molecule has 1 amide bonds. The van der Waals surface area contributed by atoms with Crippen LogP contribution in [0.1, 0.15) is 17.0 Å². The lowest BCUT2D eigenvalue weighted by atomic mass is 9.88. The number of nitrogens with two attached hydrogens (primary N) is 1. The van der Waals surface area contributed by atoms with Gasteiger partial charge in [-0.1, -0.05) is 60.7 Å². The van der Waals surface area contributed by atoms with Crippen LogP contribution in [0, 0.1) is 0 Å². The Labute approximate surface area is 115 Å². The summed E-state index contributed by atoms with van der Waals surface area (Å²) in [5, 5.41) is -0.815. The van der Waals surface area contributed by atoms with Crippen LogP contribution in [0.25, 0.3) is 0 Å². The zero-order valence-electron chi connectivity index (χ0n) is 10.2. The highest BCUT2D eigenvalue weighted by Gasteiger charge is 2.40. The van der Waals surface area contributed by atoms with Gasteiger partial charge in [0.15, 0.2) is 0 Å². The number of amides is 1. The quantitative estimate of drug-likeness (QED) is 0.847. The molecule has 0 aliphatic carbocycles. The molecular formula is C15H14NO2S+. The van der Waals surface area contributed by atoms with Gasteiger partial charge in [-0.3, -0.25) is 4.79 Å². The zero-order valence-corrected chi connectivity index (χ0v) is 11.0. The third-order valence-corrected chi connectivity index (χ3v) is 3.72. The molecule has 1 unspecified atom stereocenters. The summed E-state index contributed by atoms with van der Waals surface area (Å²) < 4.78 is 11.3. The molecule has 1 atom stereocenters. The third-order valence-electron chi connectivity index (χ3n) is 3.00. The minimum atomic E-state index is -0.815. The fourth-order valence-electron chi connectivity index (χ4n) is 2.13. The molecule has 0 bridgehead atoms.